The van der Waals surface area contributed by atoms with Crippen LogP contribution in [0.3, 0.4) is 0 Å². The topological polar surface area (TPSA) is 43.8 Å². The predicted octanol–water partition coefficient (Wildman–Crippen LogP) is 2.07. The van der Waals surface area contributed by atoms with Crippen molar-refractivity contribution in [3.63, 3.8) is 0 Å². The Kier molecular flexibility index (Phi) is 4.76. The molecule has 2 aliphatic heterocycles. The fourth-order valence-electron chi connectivity index (χ4n) is 3.47. The first-order valence-electron chi connectivity index (χ1n) is 7.97. The molecule has 0 spiro atoms. The Labute approximate surface area is 136 Å². The number of carbonyl (C=O) groups is 1. The second kappa shape index (κ2) is 6.60. The number of nitrogens with zero attached hydrogens (tertiary/aromatic N) is 2. The van der Waals surface area contributed by atoms with Gasteiger partial charge in [0, 0.05) is 49.8 Å². The zero-order valence-corrected chi connectivity index (χ0v) is 14.1. The number of carbonyl (C=O) groups excluding carboxylic acids is 1. The summed E-state index contributed by atoms with van der Waals surface area (Å²) in [6, 6.07) is 6.25. The van der Waals surface area contributed by atoms with Crippen LogP contribution in [0.1, 0.15) is 31.1 Å². The van der Waals surface area contributed by atoms with Crippen LogP contribution < -0.4 is 4.90 Å². The molecule has 2 aliphatic rings. The SMILES string of the molecule is CC(=O)N1c2ccc([C@@H](O)CN3CCSCC3)cc2C[C@H]1C. The first-order valence-corrected chi connectivity index (χ1v) is 9.12. The van der Waals surface area contributed by atoms with E-state index >= 15 is 0 Å². The maximum absolute atomic E-state index is 11.8. The molecule has 5 heteroatoms. The highest BCUT2D eigenvalue weighted by Crippen LogP contribution is 2.34. The van der Waals surface area contributed by atoms with Crippen molar-refractivity contribution in [2.75, 3.05) is 36.0 Å². The second-order valence-electron chi connectivity index (χ2n) is 6.26. The minimum absolute atomic E-state index is 0.0883. The van der Waals surface area contributed by atoms with E-state index in [1.54, 1.807) is 6.92 Å². The molecule has 1 N–H and O–H groups in total. The molecule has 1 aromatic rings. The Morgan fingerprint density at radius 3 is 2.82 bits per heavy atom. The van der Waals surface area contributed by atoms with E-state index in [-0.39, 0.29) is 11.9 Å². The standard InChI is InChI=1S/C17H24N2O2S/c1-12-9-15-10-14(3-4-16(15)19(12)13(2)20)17(21)11-18-5-7-22-8-6-18/h3-4,10,12,17,21H,5-9,11H2,1-2H3/t12-,17+/m1/s1. The van der Waals surface area contributed by atoms with Crippen LogP contribution in [0.5, 0.6) is 0 Å². The van der Waals surface area contributed by atoms with Gasteiger partial charge in [0.2, 0.25) is 5.91 Å². The van der Waals surface area contributed by atoms with Gasteiger partial charge < -0.3 is 10.0 Å². The average Bonchev–Trinajstić information content (AvgIpc) is 2.83. The lowest BCUT2D eigenvalue weighted by molar-refractivity contribution is -0.116. The van der Waals surface area contributed by atoms with E-state index < -0.39 is 6.10 Å². The number of fused-ring (bicyclic) bond motifs is 1. The number of amides is 1. The Morgan fingerprint density at radius 1 is 1.41 bits per heavy atom. The third-order valence-corrected chi connectivity index (χ3v) is 5.52. The number of thioether (sulfide) groups is 1. The van der Waals surface area contributed by atoms with Gasteiger partial charge in [-0.2, -0.15) is 11.8 Å². The minimum Gasteiger partial charge on any atom is -0.387 e. The third kappa shape index (κ3) is 3.16. The van der Waals surface area contributed by atoms with E-state index in [1.165, 1.54) is 5.56 Å². The van der Waals surface area contributed by atoms with E-state index in [2.05, 4.69) is 17.9 Å². The molecule has 1 aromatic carbocycles. The van der Waals surface area contributed by atoms with E-state index in [0.29, 0.717) is 6.54 Å². The van der Waals surface area contributed by atoms with E-state index in [0.717, 1.165) is 42.3 Å². The van der Waals surface area contributed by atoms with E-state index in [4.69, 9.17) is 0 Å². The van der Waals surface area contributed by atoms with Crippen molar-refractivity contribution in [1.82, 2.24) is 4.90 Å². The van der Waals surface area contributed by atoms with Crippen molar-refractivity contribution < 1.29 is 9.90 Å². The van der Waals surface area contributed by atoms with Gasteiger partial charge >= 0.3 is 0 Å². The molecule has 4 nitrogen and oxygen atoms in total. The quantitative estimate of drug-likeness (QED) is 0.926. The molecule has 0 saturated carbocycles. The number of hydrogen-bond donors (Lipinski definition) is 1. The number of anilines is 1. The molecular weight excluding hydrogens is 296 g/mol. The molecule has 1 saturated heterocycles. The largest absolute Gasteiger partial charge is 0.387 e. The number of aliphatic hydroxyl groups excluding tert-OH is 1. The van der Waals surface area contributed by atoms with Crippen molar-refractivity contribution >= 4 is 23.4 Å². The Hall–Kier alpha value is -1.04. The van der Waals surface area contributed by atoms with Gasteiger partial charge in [-0.3, -0.25) is 9.69 Å². The lowest BCUT2D eigenvalue weighted by atomic mass is 10.0. The van der Waals surface area contributed by atoms with Crippen LogP contribution in [0, 0.1) is 0 Å². The van der Waals surface area contributed by atoms with Gasteiger partial charge in [0.1, 0.15) is 0 Å². The van der Waals surface area contributed by atoms with E-state index in [1.807, 2.05) is 28.8 Å². The average molecular weight is 320 g/mol. The van der Waals surface area contributed by atoms with Gasteiger partial charge in [-0.1, -0.05) is 12.1 Å². The number of hydrogen-bond acceptors (Lipinski definition) is 4. The number of aliphatic hydroxyl groups is 1. The van der Waals surface area contributed by atoms with Crippen LogP contribution in [0.25, 0.3) is 0 Å². The van der Waals surface area contributed by atoms with Gasteiger partial charge in [-0.05, 0) is 30.5 Å². The zero-order chi connectivity index (χ0) is 15.7. The first kappa shape index (κ1) is 15.8. The Bertz CT molecular complexity index is 558. The number of rotatable bonds is 3. The van der Waals surface area contributed by atoms with Crippen LogP contribution >= 0.6 is 11.8 Å². The molecule has 1 amide bonds. The van der Waals surface area contributed by atoms with Crippen LogP contribution in [0.15, 0.2) is 18.2 Å². The van der Waals surface area contributed by atoms with Crippen LogP contribution in [-0.2, 0) is 11.2 Å². The normalized spacial score (nSPS) is 23.4. The number of benzene rings is 1. The van der Waals surface area contributed by atoms with Crippen LogP contribution in [0.4, 0.5) is 5.69 Å². The van der Waals surface area contributed by atoms with Gasteiger partial charge in [-0.25, -0.2) is 0 Å². The molecule has 1 fully saturated rings. The third-order valence-electron chi connectivity index (χ3n) is 4.58. The summed E-state index contributed by atoms with van der Waals surface area (Å²) in [4.78, 5) is 16.0. The summed E-state index contributed by atoms with van der Waals surface area (Å²) in [5.41, 5.74) is 3.15. The summed E-state index contributed by atoms with van der Waals surface area (Å²) >= 11 is 1.98. The highest BCUT2D eigenvalue weighted by molar-refractivity contribution is 7.99. The van der Waals surface area contributed by atoms with E-state index in [9.17, 15) is 9.90 Å². The smallest absolute Gasteiger partial charge is 0.224 e. The summed E-state index contributed by atoms with van der Waals surface area (Å²) in [5.74, 6) is 2.40. The maximum Gasteiger partial charge on any atom is 0.224 e. The maximum atomic E-state index is 11.8. The number of β-amino-alcohol motifs (C(OH)–C–C–N with tert-alkyl or cyclic N) is 1. The van der Waals surface area contributed by atoms with Crippen molar-refractivity contribution in [1.29, 1.82) is 0 Å². The van der Waals surface area contributed by atoms with Crippen molar-refractivity contribution in [3.8, 4) is 0 Å². The fraction of sp³-hybridized carbons (Fsp3) is 0.588. The predicted molar refractivity (Wildman–Crippen MR) is 91.5 cm³/mol. The molecule has 0 aliphatic carbocycles. The van der Waals surface area contributed by atoms with Gasteiger partial charge in [0.05, 0.1) is 6.10 Å². The summed E-state index contributed by atoms with van der Waals surface area (Å²) in [5, 5.41) is 10.5. The van der Waals surface area contributed by atoms with Gasteiger partial charge in [0.25, 0.3) is 0 Å². The molecular formula is C17H24N2O2S. The van der Waals surface area contributed by atoms with Crippen LogP contribution in [-0.4, -0.2) is 53.1 Å². The molecule has 0 bridgehead atoms. The molecule has 0 radical (unpaired) electrons. The first-order chi connectivity index (χ1) is 10.6. The lowest BCUT2D eigenvalue weighted by Crippen LogP contribution is -2.35. The van der Waals surface area contributed by atoms with Gasteiger partial charge in [0.15, 0.2) is 0 Å². The van der Waals surface area contributed by atoms with Crippen LogP contribution in [0.2, 0.25) is 0 Å². The summed E-state index contributed by atoms with van der Waals surface area (Å²) in [6.45, 7) is 6.50. The summed E-state index contributed by atoms with van der Waals surface area (Å²) in [6.07, 6.45) is 0.422. The highest BCUT2D eigenvalue weighted by Gasteiger charge is 2.29. The Balaban J connectivity index is 1.73. The molecule has 2 heterocycles. The monoisotopic (exact) mass is 320 g/mol. The molecule has 22 heavy (non-hydrogen) atoms. The lowest BCUT2D eigenvalue weighted by Gasteiger charge is -2.28. The Morgan fingerprint density at radius 2 is 2.14 bits per heavy atom. The van der Waals surface area contributed by atoms with Crippen molar-refractivity contribution in [2.24, 2.45) is 0 Å². The summed E-state index contributed by atoms with van der Waals surface area (Å²) < 4.78 is 0. The van der Waals surface area contributed by atoms with Crippen molar-refractivity contribution in [2.45, 2.75) is 32.4 Å². The van der Waals surface area contributed by atoms with Gasteiger partial charge in [-0.15, -0.1) is 0 Å². The highest BCUT2D eigenvalue weighted by atomic mass is 32.2. The molecule has 120 valence electrons. The minimum atomic E-state index is -0.449. The zero-order valence-electron chi connectivity index (χ0n) is 13.3. The van der Waals surface area contributed by atoms with Crippen molar-refractivity contribution in [3.05, 3.63) is 29.3 Å². The fourth-order valence-corrected chi connectivity index (χ4v) is 4.45. The molecule has 0 aromatic heterocycles. The molecule has 0 unspecified atom stereocenters. The second-order valence-corrected chi connectivity index (χ2v) is 7.48. The molecule has 3 rings (SSSR count). The molecule has 2 atom stereocenters. The summed E-state index contributed by atoms with van der Waals surface area (Å²) in [7, 11) is 0.